The topological polar surface area (TPSA) is 70.2 Å². The van der Waals surface area contributed by atoms with Gasteiger partial charge in [0.15, 0.2) is 0 Å². The van der Waals surface area contributed by atoms with E-state index in [1.807, 2.05) is 36.4 Å². The lowest BCUT2D eigenvalue weighted by atomic mass is 10.1. The Morgan fingerprint density at radius 3 is 2.65 bits per heavy atom. The highest BCUT2D eigenvalue weighted by atomic mass is 15.1. The molecule has 0 aliphatic carbocycles. The highest BCUT2D eigenvalue weighted by Gasteiger charge is 2.13. The number of nitrogens with zero attached hydrogens (tertiary/aromatic N) is 3. The maximum atomic E-state index is 4.61. The van der Waals surface area contributed by atoms with E-state index in [0.29, 0.717) is 0 Å². The van der Waals surface area contributed by atoms with Gasteiger partial charge in [0.1, 0.15) is 5.82 Å². The first-order valence-electron chi connectivity index (χ1n) is 6.31. The molecule has 4 aromatic rings. The van der Waals surface area contributed by atoms with Gasteiger partial charge in [0.05, 0.1) is 28.5 Å². The van der Waals surface area contributed by atoms with Gasteiger partial charge in [-0.15, -0.1) is 0 Å². The Balaban J connectivity index is 1.89. The van der Waals surface area contributed by atoms with Gasteiger partial charge in [-0.05, 0) is 24.3 Å². The second kappa shape index (κ2) is 4.31. The van der Waals surface area contributed by atoms with Crippen LogP contribution in [0.2, 0.25) is 0 Å². The average Bonchev–Trinajstić information content (AvgIpc) is 3.14. The van der Waals surface area contributed by atoms with Crippen molar-refractivity contribution in [3.05, 3.63) is 55.0 Å². The third-order valence-corrected chi connectivity index (χ3v) is 3.25. The van der Waals surface area contributed by atoms with Crippen molar-refractivity contribution in [2.45, 2.75) is 0 Å². The molecule has 0 saturated carbocycles. The van der Waals surface area contributed by atoms with E-state index in [4.69, 9.17) is 0 Å². The smallest absolute Gasteiger partial charge is 0.142 e. The number of benzene rings is 1. The number of hydrogen-bond donors (Lipinski definition) is 2. The lowest BCUT2D eigenvalue weighted by molar-refractivity contribution is 1.09. The van der Waals surface area contributed by atoms with E-state index in [1.54, 1.807) is 18.6 Å². The summed E-state index contributed by atoms with van der Waals surface area (Å²) >= 11 is 0. The van der Waals surface area contributed by atoms with Gasteiger partial charge in [0.2, 0.25) is 0 Å². The molecule has 4 rings (SSSR count). The fraction of sp³-hybridized carbons (Fsp3) is 0. The van der Waals surface area contributed by atoms with Gasteiger partial charge >= 0.3 is 0 Å². The summed E-state index contributed by atoms with van der Waals surface area (Å²) in [7, 11) is 0. The van der Waals surface area contributed by atoms with Gasteiger partial charge in [-0.3, -0.25) is 10.1 Å². The number of rotatable bonds is 2. The maximum absolute atomic E-state index is 4.61. The van der Waals surface area contributed by atoms with Crippen LogP contribution < -0.4 is 0 Å². The molecule has 0 radical (unpaired) electrons. The average molecular weight is 261 g/mol. The molecule has 3 aromatic heterocycles. The zero-order valence-corrected chi connectivity index (χ0v) is 10.5. The Morgan fingerprint density at radius 1 is 0.950 bits per heavy atom. The van der Waals surface area contributed by atoms with Crippen LogP contribution in [-0.4, -0.2) is 25.1 Å². The molecule has 1 aromatic carbocycles. The summed E-state index contributed by atoms with van der Waals surface area (Å²) in [5.41, 5.74) is 4.89. The quantitative estimate of drug-likeness (QED) is 0.582. The standard InChI is InChI=1S/C15H11N5/c1-2-4-13-12(3-1)18-15(19-13)11-9-17-20-14(11)10-5-7-16-8-6-10/h1-9H,(H,17,20)(H,18,19). The van der Waals surface area contributed by atoms with Crippen LogP contribution in [0, 0.1) is 0 Å². The number of hydrogen-bond acceptors (Lipinski definition) is 3. The normalized spacial score (nSPS) is 11.0. The van der Waals surface area contributed by atoms with Crippen molar-refractivity contribution in [2.75, 3.05) is 0 Å². The molecule has 0 fully saturated rings. The summed E-state index contributed by atoms with van der Waals surface area (Å²) < 4.78 is 0. The molecule has 0 aliphatic heterocycles. The van der Waals surface area contributed by atoms with Crippen LogP contribution in [0.5, 0.6) is 0 Å². The van der Waals surface area contributed by atoms with Crippen LogP contribution in [0.3, 0.4) is 0 Å². The van der Waals surface area contributed by atoms with Crippen LogP contribution >= 0.6 is 0 Å². The van der Waals surface area contributed by atoms with Gasteiger partial charge < -0.3 is 4.98 Å². The Bertz CT molecular complexity index is 827. The fourth-order valence-corrected chi connectivity index (χ4v) is 2.28. The van der Waals surface area contributed by atoms with E-state index in [9.17, 15) is 0 Å². The van der Waals surface area contributed by atoms with Gasteiger partial charge in [-0.1, -0.05) is 12.1 Å². The molecule has 0 saturated heterocycles. The van der Waals surface area contributed by atoms with E-state index in [1.165, 1.54) is 0 Å². The van der Waals surface area contributed by atoms with Crippen LogP contribution in [0.25, 0.3) is 33.7 Å². The monoisotopic (exact) mass is 261 g/mol. The molecule has 5 heteroatoms. The number of fused-ring (bicyclic) bond motifs is 1. The molecular formula is C15H11N5. The molecule has 20 heavy (non-hydrogen) atoms. The third-order valence-electron chi connectivity index (χ3n) is 3.25. The second-order valence-corrected chi connectivity index (χ2v) is 4.50. The van der Waals surface area contributed by atoms with E-state index in [0.717, 1.165) is 33.7 Å². The number of imidazole rings is 1. The number of pyridine rings is 1. The Morgan fingerprint density at radius 2 is 1.80 bits per heavy atom. The minimum Gasteiger partial charge on any atom is -0.338 e. The van der Waals surface area contributed by atoms with Crippen LogP contribution in [-0.2, 0) is 0 Å². The molecule has 0 bridgehead atoms. The van der Waals surface area contributed by atoms with Crippen molar-refractivity contribution in [1.29, 1.82) is 0 Å². The van der Waals surface area contributed by atoms with Crippen molar-refractivity contribution >= 4 is 11.0 Å². The highest BCUT2D eigenvalue weighted by Crippen LogP contribution is 2.29. The van der Waals surface area contributed by atoms with Crippen molar-refractivity contribution in [1.82, 2.24) is 25.1 Å². The Hall–Kier alpha value is -2.95. The fourth-order valence-electron chi connectivity index (χ4n) is 2.28. The minimum atomic E-state index is 0.812. The number of para-hydroxylation sites is 2. The van der Waals surface area contributed by atoms with Gasteiger partial charge in [0, 0.05) is 18.0 Å². The summed E-state index contributed by atoms with van der Waals surface area (Å²) in [6, 6.07) is 11.9. The highest BCUT2D eigenvalue weighted by molar-refractivity contribution is 5.83. The van der Waals surface area contributed by atoms with Gasteiger partial charge in [0.25, 0.3) is 0 Å². The van der Waals surface area contributed by atoms with E-state index < -0.39 is 0 Å². The minimum absolute atomic E-state index is 0.812. The molecule has 0 unspecified atom stereocenters. The maximum Gasteiger partial charge on any atom is 0.142 e. The summed E-state index contributed by atoms with van der Waals surface area (Å²) in [4.78, 5) is 12.0. The van der Waals surface area contributed by atoms with Crippen molar-refractivity contribution in [2.24, 2.45) is 0 Å². The molecular weight excluding hydrogens is 250 g/mol. The van der Waals surface area contributed by atoms with E-state index in [2.05, 4.69) is 25.1 Å². The second-order valence-electron chi connectivity index (χ2n) is 4.50. The number of aromatic nitrogens is 5. The molecule has 3 heterocycles. The van der Waals surface area contributed by atoms with Crippen LogP contribution in [0.1, 0.15) is 0 Å². The van der Waals surface area contributed by atoms with Crippen molar-refractivity contribution in [3.8, 4) is 22.6 Å². The molecule has 0 spiro atoms. The zero-order valence-electron chi connectivity index (χ0n) is 10.5. The molecule has 0 amide bonds. The molecule has 96 valence electrons. The zero-order chi connectivity index (χ0) is 13.4. The number of H-pyrrole nitrogens is 2. The van der Waals surface area contributed by atoms with Crippen LogP contribution in [0.15, 0.2) is 55.0 Å². The molecule has 2 N–H and O–H groups in total. The van der Waals surface area contributed by atoms with Crippen molar-refractivity contribution in [3.63, 3.8) is 0 Å². The Labute approximate surface area is 114 Å². The molecule has 0 atom stereocenters. The third kappa shape index (κ3) is 1.68. The van der Waals surface area contributed by atoms with Gasteiger partial charge in [-0.2, -0.15) is 5.10 Å². The predicted molar refractivity (Wildman–Crippen MR) is 76.9 cm³/mol. The van der Waals surface area contributed by atoms with Gasteiger partial charge in [-0.25, -0.2) is 4.98 Å². The lowest BCUT2D eigenvalue weighted by Gasteiger charge is -1.99. The van der Waals surface area contributed by atoms with E-state index in [-0.39, 0.29) is 0 Å². The lowest BCUT2D eigenvalue weighted by Crippen LogP contribution is -1.84. The summed E-state index contributed by atoms with van der Waals surface area (Å²) in [5, 5.41) is 7.17. The van der Waals surface area contributed by atoms with Crippen LogP contribution in [0.4, 0.5) is 0 Å². The number of nitrogens with one attached hydrogen (secondary N) is 2. The first kappa shape index (κ1) is 10.9. The largest absolute Gasteiger partial charge is 0.338 e. The SMILES string of the molecule is c1ccc2[nH]c(-c3cn[nH]c3-c3ccncc3)nc2c1. The summed E-state index contributed by atoms with van der Waals surface area (Å²) in [6.45, 7) is 0. The molecule has 0 aliphatic rings. The summed E-state index contributed by atoms with van der Waals surface area (Å²) in [5.74, 6) is 0.812. The first-order chi connectivity index (χ1) is 9.92. The first-order valence-corrected chi connectivity index (χ1v) is 6.31. The predicted octanol–water partition coefficient (Wildman–Crippen LogP) is 3.02. The summed E-state index contributed by atoms with van der Waals surface area (Å²) in [6.07, 6.45) is 5.31. The Kier molecular flexibility index (Phi) is 2.35. The van der Waals surface area contributed by atoms with E-state index >= 15 is 0 Å². The molecule has 5 nitrogen and oxygen atoms in total. The number of aromatic amines is 2. The van der Waals surface area contributed by atoms with Crippen molar-refractivity contribution < 1.29 is 0 Å².